The fourth-order valence-electron chi connectivity index (χ4n) is 2.68. The average molecular weight is 271 g/mol. The van der Waals surface area contributed by atoms with Crippen molar-refractivity contribution in [2.24, 2.45) is 17.6 Å². The lowest BCUT2D eigenvalue weighted by Crippen LogP contribution is -2.42. The zero-order valence-electron chi connectivity index (χ0n) is 11.7. The van der Waals surface area contributed by atoms with E-state index in [1.165, 1.54) is 6.42 Å². The van der Waals surface area contributed by atoms with E-state index in [4.69, 9.17) is 5.73 Å². The number of carbonyl (C=O) groups is 1. The lowest BCUT2D eigenvalue weighted by atomic mass is 10.1. The molecule has 106 valence electrons. The molecule has 1 heterocycles. The number of rotatable bonds is 5. The third-order valence-electron chi connectivity index (χ3n) is 4.27. The van der Waals surface area contributed by atoms with E-state index in [0.717, 1.165) is 28.9 Å². The summed E-state index contributed by atoms with van der Waals surface area (Å²) in [5.74, 6) is 1.36. The number of aromatic nitrogens is 1. The molecule has 0 spiro atoms. The van der Waals surface area contributed by atoms with Gasteiger partial charge < -0.3 is 16.0 Å². The van der Waals surface area contributed by atoms with Gasteiger partial charge in [-0.1, -0.05) is 25.1 Å². The van der Waals surface area contributed by atoms with Crippen LogP contribution in [-0.2, 0) is 11.2 Å². The van der Waals surface area contributed by atoms with Crippen LogP contribution < -0.4 is 11.1 Å². The van der Waals surface area contributed by atoms with E-state index in [1.807, 2.05) is 24.4 Å². The lowest BCUT2D eigenvalue weighted by molar-refractivity contribution is -0.122. The van der Waals surface area contributed by atoms with Crippen LogP contribution in [0.4, 0.5) is 0 Å². The summed E-state index contributed by atoms with van der Waals surface area (Å²) < 4.78 is 0. The molecule has 1 fully saturated rings. The van der Waals surface area contributed by atoms with Crippen LogP contribution in [0.3, 0.4) is 0 Å². The quantitative estimate of drug-likeness (QED) is 0.776. The predicted octanol–water partition coefficient (Wildman–Crippen LogP) is 1.81. The number of hydrogen-bond donors (Lipinski definition) is 3. The summed E-state index contributed by atoms with van der Waals surface area (Å²) in [5.41, 5.74) is 8.20. The molecule has 1 saturated carbocycles. The molecule has 1 amide bonds. The van der Waals surface area contributed by atoms with E-state index in [1.54, 1.807) is 0 Å². The Balaban J connectivity index is 1.60. The monoisotopic (exact) mass is 271 g/mol. The number of para-hydroxylation sites is 1. The van der Waals surface area contributed by atoms with Crippen LogP contribution in [-0.4, -0.2) is 23.5 Å². The van der Waals surface area contributed by atoms with Crippen LogP contribution in [0.25, 0.3) is 10.9 Å². The topological polar surface area (TPSA) is 70.9 Å². The smallest absolute Gasteiger partial charge is 0.237 e. The van der Waals surface area contributed by atoms with Gasteiger partial charge in [0, 0.05) is 23.6 Å². The maximum atomic E-state index is 12.0. The molecule has 20 heavy (non-hydrogen) atoms. The summed E-state index contributed by atoms with van der Waals surface area (Å²) in [7, 11) is 0. The maximum Gasteiger partial charge on any atom is 0.237 e. The molecular weight excluding hydrogens is 250 g/mol. The van der Waals surface area contributed by atoms with Gasteiger partial charge in [-0.25, -0.2) is 0 Å². The van der Waals surface area contributed by atoms with Gasteiger partial charge in [-0.3, -0.25) is 4.79 Å². The molecule has 1 aliphatic carbocycles. The number of nitrogens with one attached hydrogen (secondary N) is 2. The molecule has 0 radical (unpaired) electrons. The van der Waals surface area contributed by atoms with Gasteiger partial charge in [0.2, 0.25) is 5.91 Å². The number of aromatic amines is 1. The normalized spacial score (nSPS) is 22.7. The predicted molar refractivity (Wildman–Crippen MR) is 80.3 cm³/mol. The van der Waals surface area contributed by atoms with Crippen molar-refractivity contribution in [2.75, 3.05) is 6.54 Å². The fourth-order valence-corrected chi connectivity index (χ4v) is 2.68. The fraction of sp³-hybridized carbons (Fsp3) is 0.438. The van der Waals surface area contributed by atoms with Crippen molar-refractivity contribution >= 4 is 16.8 Å². The Morgan fingerprint density at radius 3 is 3.00 bits per heavy atom. The maximum absolute atomic E-state index is 12.0. The first kappa shape index (κ1) is 13.2. The number of benzene rings is 1. The van der Waals surface area contributed by atoms with Crippen molar-refractivity contribution in [2.45, 2.75) is 25.8 Å². The van der Waals surface area contributed by atoms with Crippen molar-refractivity contribution in [1.29, 1.82) is 0 Å². The molecule has 4 nitrogen and oxygen atoms in total. The van der Waals surface area contributed by atoms with Crippen LogP contribution in [0.1, 0.15) is 18.9 Å². The third kappa shape index (κ3) is 2.70. The van der Waals surface area contributed by atoms with Crippen molar-refractivity contribution in [3.63, 3.8) is 0 Å². The molecule has 4 heteroatoms. The molecule has 4 N–H and O–H groups in total. The third-order valence-corrected chi connectivity index (χ3v) is 4.27. The molecule has 2 aromatic rings. The van der Waals surface area contributed by atoms with E-state index in [0.29, 0.717) is 12.3 Å². The molecule has 3 unspecified atom stereocenters. The van der Waals surface area contributed by atoms with Gasteiger partial charge in [0.05, 0.1) is 6.04 Å². The number of nitrogens with two attached hydrogens (primary N) is 1. The highest BCUT2D eigenvalue weighted by Gasteiger charge is 2.32. The highest BCUT2D eigenvalue weighted by atomic mass is 16.2. The standard InChI is InChI=1S/C16H21N3O/c1-10-6-11(10)8-19-16(20)14(17)7-12-9-18-15-5-3-2-4-13(12)15/h2-5,9-11,14,18H,6-8,17H2,1H3,(H,19,20). The van der Waals surface area contributed by atoms with Crippen LogP contribution in [0.2, 0.25) is 0 Å². The number of carbonyl (C=O) groups excluding carboxylic acids is 1. The van der Waals surface area contributed by atoms with E-state index >= 15 is 0 Å². The zero-order chi connectivity index (χ0) is 14.1. The minimum absolute atomic E-state index is 0.0469. The van der Waals surface area contributed by atoms with E-state index in [-0.39, 0.29) is 5.91 Å². The van der Waals surface area contributed by atoms with Crippen molar-refractivity contribution < 1.29 is 4.79 Å². The highest BCUT2D eigenvalue weighted by Crippen LogP contribution is 2.36. The second-order valence-corrected chi connectivity index (χ2v) is 5.89. The van der Waals surface area contributed by atoms with Gasteiger partial charge in [-0.15, -0.1) is 0 Å². The Morgan fingerprint density at radius 1 is 1.50 bits per heavy atom. The average Bonchev–Trinajstić information content (AvgIpc) is 3.01. The molecule has 0 bridgehead atoms. The zero-order valence-corrected chi connectivity index (χ0v) is 11.7. The van der Waals surface area contributed by atoms with Gasteiger partial charge in [0.15, 0.2) is 0 Å². The van der Waals surface area contributed by atoms with Crippen LogP contribution in [0.5, 0.6) is 0 Å². The Hall–Kier alpha value is -1.81. The summed E-state index contributed by atoms with van der Waals surface area (Å²) in [6, 6.07) is 7.59. The second-order valence-electron chi connectivity index (χ2n) is 5.89. The SMILES string of the molecule is CC1CC1CNC(=O)C(N)Cc1c[nH]c2ccccc12. The van der Waals surface area contributed by atoms with Gasteiger partial charge in [-0.05, 0) is 36.3 Å². The summed E-state index contributed by atoms with van der Waals surface area (Å²) in [6.07, 6.45) is 3.73. The lowest BCUT2D eigenvalue weighted by Gasteiger charge is -2.11. The van der Waals surface area contributed by atoms with E-state index in [2.05, 4.69) is 23.3 Å². The number of hydrogen-bond acceptors (Lipinski definition) is 2. The molecule has 1 aromatic carbocycles. The van der Waals surface area contributed by atoms with Crippen molar-refractivity contribution in [1.82, 2.24) is 10.3 Å². The van der Waals surface area contributed by atoms with Gasteiger partial charge >= 0.3 is 0 Å². The van der Waals surface area contributed by atoms with Gasteiger partial charge in [0.25, 0.3) is 0 Å². The molecule has 0 saturated heterocycles. The Labute approximate surface area is 118 Å². The molecule has 3 rings (SSSR count). The van der Waals surface area contributed by atoms with Crippen molar-refractivity contribution in [3.8, 4) is 0 Å². The number of amides is 1. The summed E-state index contributed by atoms with van der Waals surface area (Å²) in [6.45, 7) is 2.98. The minimum atomic E-state index is -0.483. The summed E-state index contributed by atoms with van der Waals surface area (Å²) in [4.78, 5) is 15.2. The highest BCUT2D eigenvalue weighted by molar-refractivity contribution is 5.86. The van der Waals surface area contributed by atoms with Gasteiger partial charge in [0.1, 0.15) is 0 Å². The van der Waals surface area contributed by atoms with Crippen LogP contribution in [0, 0.1) is 11.8 Å². The molecule has 0 aliphatic heterocycles. The van der Waals surface area contributed by atoms with Crippen LogP contribution in [0.15, 0.2) is 30.5 Å². The molecule has 3 atom stereocenters. The largest absolute Gasteiger partial charge is 0.361 e. The van der Waals surface area contributed by atoms with Crippen LogP contribution >= 0.6 is 0 Å². The number of H-pyrrole nitrogens is 1. The summed E-state index contributed by atoms with van der Waals surface area (Å²) in [5, 5.41) is 4.11. The van der Waals surface area contributed by atoms with E-state index < -0.39 is 6.04 Å². The summed E-state index contributed by atoms with van der Waals surface area (Å²) >= 11 is 0. The molecule has 1 aliphatic rings. The Bertz CT molecular complexity index is 619. The number of fused-ring (bicyclic) bond motifs is 1. The molecule has 1 aromatic heterocycles. The Morgan fingerprint density at radius 2 is 2.25 bits per heavy atom. The first-order valence-corrected chi connectivity index (χ1v) is 7.23. The van der Waals surface area contributed by atoms with Crippen molar-refractivity contribution in [3.05, 3.63) is 36.0 Å². The minimum Gasteiger partial charge on any atom is -0.361 e. The second kappa shape index (κ2) is 5.29. The molecular formula is C16H21N3O. The first-order chi connectivity index (χ1) is 9.65. The Kier molecular flexibility index (Phi) is 3.49. The van der Waals surface area contributed by atoms with E-state index in [9.17, 15) is 4.79 Å². The van der Waals surface area contributed by atoms with Gasteiger partial charge in [-0.2, -0.15) is 0 Å². The first-order valence-electron chi connectivity index (χ1n) is 7.23.